The van der Waals surface area contributed by atoms with Crippen LogP contribution in [0.1, 0.15) is 16.7 Å². The first-order chi connectivity index (χ1) is 10.5. The molecule has 0 aliphatic rings. The third-order valence-electron chi connectivity index (χ3n) is 3.05. The number of rotatable bonds is 3. The number of thiocarbonyl (C=S) groups is 1. The van der Waals surface area contributed by atoms with Crippen molar-refractivity contribution >= 4 is 29.2 Å². The Morgan fingerprint density at radius 2 is 1.95 bits per heavy atom. The van der Waals surface area contributed by atoms with Gasteiger partial charge in [0.2, 0.25) is 0 Å². The molecule has 0 amide bonds. The largest absolute Gasteiger partial charge is 0.504 e. The lowest BCUT2D eigenvalue weighted by Crippen LogP contribution is -2.24. The van der Waals surface area contributed by atoms with E-state index in [0.29, 0.717) is 10.7 Å². The first-order valence-corrected chi connectivity index (χ1v) is 7.06. The van der Waals surface area contributed by atoms with Gasteiger partial charge in [0.05, 0.1) is 6.21 Å². The highest BCUT2D eigenvalue weighted by Gasteiger charge is 2.03. The summed E-state index contributed by atoms with van der Waals surface area (Å²) in [6, 6.07) is 10.6. The second-order valence-electron chi connectivity index (χ2n) is 4.86. The lowest BCUT2D eigenvalue weighted by molar-refractivity contribution is 0.403. The molecule has 0 radical (unpaired) electrons. The second kappa shape index (κ2) is 6.91. The number of hydrogen-bond acceptors (Lipinski definition) is 4. The molecule has 0 fully saturated rings. The van der Waals surface area contributed by atoms with E-state index < -0.39 is 0 Å². The van der Waals surface area contributed by atoms with Crippen LogP contribution in [-0.4, -0.2) is 21.5 Å². The molecule has 5 nitrogen and oxygen atoms in total. The predicted octanol–water partition coefficient (Wildman–Crippen LogP) is 3.04. The van der Waals surface area contributed by atoms with Gasteiger partial charge in [-0.1, -0.05) is 23.8 Å². The van der Waals surface area contributed by atoms with E-state index in [-0.39, 0.29) is 11.5 Å². The monoisotopic (exact) mass is 315 g/mol. The van der Waals surface area contributed by atoms with Crippen LogP contribution in [0.2, 0.25) is 0 Å². The zero-order valence-electron chi connectivity index (χ0n) is 12.3. The minimum absolute atomic E-state index is 0.195. The van der Waals surface area contributed by atoms with Crippen LogP contribution in [0.25, 0.3) is 0 Å². The molecule has 0 saturated carbocycles. The highest BCUT2D eigenvalue weighted by atomic mass is 32.1. The van der Waals surface area contributed by atoms with E-state index in [2.05, 4.69) is 21.9 Å². The number of phenolic OH excluding ortho intramolecular Hbond substituents is 2. The third kappa shape index (κ3) is 3.95. The molecule has 0 bridgehead atoms. The molecule has 114 valence electrons. The number of hydrazone groups is 1. The van der Waals surface area contributed by atoms with E-state index in [4.69, 9.17) is 12.2 Å². The minimum atomic E-state index is -0.221. The first kappa shape index (κ1) is 15.8. The Kier molecular flexibility index (Phi) is 4.95. The molecule has 22 heavy (non-hydrogen) atoms. The van der Waals surface area contributed by atoms with E-state index in [1.165, 1.54) is 17.8 Å². The summed E-state index contributed by atoms with van der Waals surface area (Å²) >= 11 is 5.15. The number of aryl methyl sites for hydroxylation is 2. The topological polar surface area (TPSA) is 76.9 Å². The van der Waals surface area contributed by atoms with Gasteiger partial charge >= 0.3 is 0 Å². The quantitative estimate of drug-likeness (QED) is 0.303. The van der Waals surface area contributed by atoms with Crippen molar-refractivity contribution in [3.05, 3.63) is 53.1 Å². The molecule has 0 heterocycles. The van der Waals surface area contributed by atoms with Gasteiger partial charge in [0.25, 0.3) is 0 Å². The second-order valence-corrected chi connectivity index (χ2v) is 5.27. The number of nitrogens with one attached hydrogen (secondary N) is 2. The van der Waals surface area contributed by atoms with E-state index in [1.54, 1.807) is 12.1 Å². The van der Waals surface area contributed by atoms with Crippen molar-refractivity contribution in [3.8, 4) is 11.5 Å². The predicted molar refractivity (Wildman–Crippen MR) is 92.6 cm³/mol. The summed E-state index contributed by atoms with van der Waals surface area (Å²) in [5, 5.41) is 26.3. The van der Waals surface area contributed by atoms with Crippen molar-refractivity contribution in [1.29, 1.82) is 0 Å². The summed E-state index contributed by atoms with van der Waals surface area (Å²) < 4.78 is 0. The molecular weight excluding hydrogens is 298 g/mol. The van der Waals surface area contributed by atoms with Gasteiger partial charge in [-0.3, -0.25) is 5.43 Å². The van der Waals surface area contributed by atoms with Gasteiger partial charge in [0.1, 0.15) is 0 Å². The van der Waals surface area contributed by atoms with Gasteiger partial charge in [0.15, 0.2) is 16.6 Å². The molecule has 0 aromatic heterocycles. The van der Waals surface area contributed by atoms with Crippen LogP contribution in [0, 0.1) is 13.8 Å². The minimum Gasteiger partial charge on any atom is -0.504 e. The number of phenols is 2. The lowest BCUT2D eigenvalue weighted by Gasteiger charge is -2.10. The summed E-state index contributed by atoms with van der Waals surface area (Å²) in [6.45, 7) is 4.02. The van der Waals surface area contributed by atoms with Gasteiger partial charge in [-0.25, -0.2) is 0 Å². The maximum absolute atomic E-state index is 9.64. The Morgan fingerprint density at radius 3 is 2.68 bits per heavy atom. The standard InChI is InChI=1S/C16H17N3O2S/c1-10-6-7-13(11(2)8-10)18-16(22)19-17-9-12-4-3-5-14(20)15(12)21/h3-9,20-21H,1-2H3,(H2,18,19,22). The Bertz CT molecular complexity index is 729. The van der Waals surface area contributed by atoms with Crippen LogP contribution in [0.15, 0.2) is 41.5 Å². The molecule has 0 aliphatic heterocycles. The van der Waals surface area contributed by atoms with E-state index >= 15 is 0 Å². The summed E-state index contributed by atoms with van der Waals surface area (Å²) in [6.07, 6.45) is 1.38. The fraction of sp³-hybridized carbons (Fsp3) is 0.125. The highest BCUT2D eigenvalue weighted by Crippen LogP contribution is 2.26. The average Bonchev–Trinajstić information content (AvgIpc) is 2.46. The summed E-state index contributed by atoms with van der Waals surface area (Å²) in [5.74, 6) is -0.416. The number of anilines is 1. The van der Waals surface area contributed by atoms with E-state index in [0.717, 1.165) is 11.3 Å². The normalized spacial score (nSPS) is 10.6. The molecule has 4 N–H and O–H groups in total. The van der Waals surface area contributed by atoms with Gasteiger partial charge in [-0.15, -0.1) is 0 Å². The SMILES string of the molecule is Cc1ccc(NC(=S)NN=Cc2cccc(O)c2O)c(C)c1. The summed E-state index contributed by atoms with van der Waals surface area (Å²) in [4.78, 5) is 0. The Balaban J connectivity index is 1.98. The van der Waals surface area contributed by atoms with Crippen molar-refractivity contribution in [2.45, 2.75) is 13.8 Å². The zero-order valence-corrected chi connectivity index (χ0v) is 13.1. The third-order valence-corrected chi connectivity index (χ3v) is 3.24. The molecule has 2 rings (SSSR count). The molecular formula is C16H17N3O2S. The fourth-order valence-corrected chi connectivity index (χ4v) is 2.08. The number of hydrogen-bond donors (Lipinski definition) is 4. The molecule has 0 atom stereocenters. The zero-order chi connectivity index (χ0) is 16.1. The molecule has 0 saturated heterocycles. The first-order valence-electron chi connectivity index (χ1n) is 6.65. The number of aromatic hydroxyl groups is 2. The van der Waals surface area contributed by atoms with Crippen molar-refractivity contribution in [3.63, 3.8) is 0 Å². The van der Waals surface area contributed by atoms with Gasteiger partial charge in [-0.05, 0) is 49.8 Å². The maximum Gasteiger partial charge on any atom is 0.191 e. The smallest absolute Gasteiger partial charge is 0.191 e. The highest BCUT2D eigenvalue weighted by molar-refractivity contribution is 7.80. The van der Waals surface area contributed by atoms with Gasteiger partial charge < -0.3 is 15.5 Å². The van der Waals surface area contributed by atoms with Crippen LogP contribution in [0.5, 0.6) is 11.5 Å². The van der Waals surface area contributed by atoms with Crippen LogP contribution < -0.4 is 10.7 Å². The van der Waals surface area contributed by atoms with Crippen molar-refractivity contribution in [1.82, 2.24) is 5.43 Å². The molecule has 2 aromatic carbocycles. The molecule has 0 unspecified atom stereocenters. The van der Waals surface area contributed by atoms with E-state index in [1.807, 2.05) is 26.0 Å². The van der Waals surface area contributed by atoms with Crippen LogP contribution in [0.3, 0.4) is 0 Å². The maximum atomic E-state index is 9.64. The van der Waals surface area contributed by atoms with Gasteiger partial charge in [-0.2, -0.15) is 5.10 Å². The molecule has 6 heteroatoms. The molecule has 0 spiro atoms. The average molecular weight is 315 g/mol. The summed E-state index contributed by atoms with van der Waals surface area (Å²) in [7, 11) is 0. The number of benzene rings is 2. The Labute approximate surface area is 134 Å². The van der Waals surface area contributed by atoms with Crippen molar-refractivity contribution in [2.75, 3.05) is 5.32 Å². The fourth-order valence-electron chi connectivity index (χ4n) is 1.92. The van der Waals surface area contributed by atoms with Gasteiger partial charge in [0, 0.05) is 11.3 Å². The molecule has 0 aliphatic carbocycles. The number of para-hydroxylation sites is 1. The lowest BCUT2D eigenvalue weighted by atomic mass is 10.1. The van der Waals surface area contributed by atoms with Crippen molar-refractivity contribution in [2.24, 2.45) is 5.10 Å². The van der Waals surface area contributed by atoms with Crippen LogP contribution in [-0.2, 0) is 0 Å². The van der Waals surface area contributed by atoms with E-state index in [9.17, 15) is 10.2 Å². The van der Waals surface area contributed by atoms with Crippen molar-refractivity contribution < 1.29 is 10.2 Å². The molecule has 2 aromatic rings. The Morgan fingerprint density at radius 1 is 1.18 bits per heavy atom. The number of nitrogens with zero attached hydrogens (tertiary/aromatic N) is 1. The van der Waals surface area contributed by atoms with Crippen LogP contribution >= 0.6 is 12.2 Å². The summed E-state index contributed by atoms with van der Waals surface area (Å²) in [5.41, 5.74) is 6.22. The Hall–Kier alpha value is -2.60. The van der Waals surface area contributed by atoms with Crippen LogP contribution in [0.4, 0.5) is 5.69 Å².